The molecule has 35 heavy (non-hydrogen) atoms. The molecule has 0 N–H and O–H groups in total. The number of Topliss-reactive ketones (excluding diaryl/α,β-unsaturated/α-hetero) is 1. The summed E-state index contributed by atoms with van der Waals surface area (Å²) >= 11 is 0. The lowest BCUT2D eigenvalue weighted by atomic mass is 9.53. The Morgan fingerprint density at radius 3 is 2.03 bits per heavy atom. The van der Waals surface area contributed by atoms with E-state index in [4.69, 9.17) is 4.74 Å². The van der Waals surface area contributed by atoms with Crippen molar-refractivity contribution in [3.05, 3.63) is 98.3 Å². The number of hydrogen-bond donors (Lipinski definition) is 0. The number of para-hydroxylation sites is 1. The molecule has 1 saturated carbocycles. The van der Waals surface area contributed by atoms with Crippen molar-refractivity contribution in [2.45, 2.75) is 44.7 Å². The Morgan fingerprint density at radius 1 is 0.743 bits per heavy atom. The summed E-state index contributed by atoms with van der Waals surface area (Å²) < 4.78 is 10.6. The van der Waals surface area contributed by atoms with Crippen LogP contribution in [-0.2, 0) is 20.6 Å². The van der Waals surface area contributed by atoms with Crippen molar-refractivity contribution in [1.82, 2.24) is 13.9 Å². The summed E-state index contributed by atoms with van der Waals surface area (Å²) in [5, 5.41) is 0. The third-order valence-electron chi connectivity index (χ3n) is 9.13. The van der Waals surface area contributed by atoms with Crippen LogP contribution >= 0.6 is 0 Å². The minimum atomic E-state index is -0.976. The number of ketones is 1. The molecule has 2 bridgehead atoms. The Balaban J connectivity index is 1.71. The van der Waals surface area contributed by atoms with Crippen molar-refractivity contribution in [3.8, 4) is 5.69 Å². The molecule has 0 radical (unpaired) electrons. The third kappa shape index (κ3) is 2.07. The van der Waals surface area contributed by atoms with Gasteiger partial charge < -0.3 is 4.74 Å². The van der Waals surface area contributed by atoms with E-state index in [0.29, 0.717) is 31.7 Å². The molecule has 3 atom stereocenters. The summed E-state index contributed by atoms with van der Waals surface area (Å²) in [6.45, 7) is 6.68. The van der Waals surface area contributed by atoms with Crippen LogP contribution in [0.1, 0.15) is 39.2 Å². The number of carbonyl (C=O) groups excluding carboxylic acids is 1. The van der Waals surface area contributed by atoms with Crippen LogP contribution in [0, 0.1) is 10.8 Å². The summed E-state index contributed by atoms with van der Waals surface area (Å²) in [6.07, 6.45) is 0.882. The fraction of sp³-hybridized carbons (Fsp3) is 0.393. The van der Waals surface area contributed by atoms with Crippen LogP contribution in [0.2, 0.25) is 0 Å². The average molecular weight is 470 g/mol. The highest BCUT2D eigenvalue weighted by Gasteiger charge is 2.77. The molecule has 1 fully saturated rings. The molecule has 178 valence electrons. The van der Waals surface area contributed by atoms with E-state index in [-0.39, 0.29) is 11.5 Å². The Morgan fingerprint density at radius 2 is 1.34 bits per heavy atom. The van der Waals surface area contributed by atoms with Crippen LogP contribution in [0.15, 0.2) is 81.4 Å². The molecule has 7 heteroatoms. The molecule has 2 aliphatic carbocycles. The monoisotopic (exact) mass is 469 g/mol. The molecule has 5 aliphatic rings. The number of nitrogens with zero attached hydrogens (tertiary/aromatic N) is 3. The molecular formula is C28H27N3O4. The maximum absolute atomic E-state index is 14.3. The van der Waals surface area contributed by atoms with Gasteiger partial charge in [-0.25, -0.2) is 23.5 Å². The van der Waals surface area contributed by atoms with Gasteiger partial charge in [0.05, 0.1) is 24.3 Å². The van der Waals surface area contributed by atoms with Crippen molar-refractivity contribution >= 4 is 5.78 Å². The molecule has 1 aromatic heterocycles. The van der Waals surface area contributed by atoms with Gasteiger partial charge >= 0.3 is 11.4 Å². The number of ether oxygens (including phenoxy) is 1. The molecule has 3 aliphatic heterocycles. The first kappa shape index (κ1) is 20.9. The lowest BCUT2D eigenvalue weighted by Gasteiger charge is -2.60. The zero-order valence-electron chi connectivity index (χ0n) is 20.1. The Hall–Kier alpha value is -3.45. The van der Waals surface area contributed by atoms with E-state index < -0.39 is 27.6 Å². The van der Waals surface area contributed by atoms with Crippen LogP contribution in [0.4, 0.5) is 0 Å². The standard InChI is InChI=1S/C28H27N3O4/c1-25(2)16-28-21-15-35-14-20(21)27(17-26(28,3)22(25)32,18-10-6-4-7-11-18)30-23(33)29(24(34)31(28)30)19-12-8-5-9-13-19/h4-13H,14-17H2,1-3H3/t26-,27-,28-/m1/s1. The molecule has 2 aromatic carbocycles. The fourth-order valence-electron chi connectivity index (χ4n) is 7.96. The number of aromatic nitrogens is 3. The van der Waals surface area contributed by atoms with E-state index in [1.807, 2.05) is 69.3 Å². The molecular weight excluding hydrogens is 442 g/mol. The predicted octanol–water partition coefficient (Wildman–Crippen LogP) is 2.99. The van der Waals surface area contributed by atoms with Gasteiger partial charge in [0.15, 0.2) is 0 Å². The smallest absolute Gasteiger partial charge is 0.353 e. The summed E-state index contributed by atoms with van der Waals surface area (Å²) in [5.41, 5.74) is -0.774. The lowest BCUT2D eigenvalue weighted by molar-refractivity contribution is -0.138. The fourth-order valence-corrected chi connectivity index (χ4v) is 7.96. The highest BCUT2D eigenvalue weighted by atomic mass is 16.5. The van der Waals surface area contributed by atoms with Gasteiger partial charge in [0.1, 0.15) is 16.9 Å². The molecule has 3 aromatic rings. The summed E-state index contributed by atoms with van der Waals surface area (Å²) in [4.78, 5) is 42.7. The SMILES string of the molecule is CC1(C)C[C@@]23C4=C(COC4)[C@](c4ccccc4)(C[C@]2(C)C1=O)n1c(=O)n(-c2ccccc2)c(=O)n13. The number of carbonyl (C=O) groups is 1. The Bertz CT molecular complexity index is 1580. The van der Waals surface area contributed by atoms with Gasteiger partial charge in [-0.05, 0) is 48.6 Å². The van der Waals surface area contributed by atoms with E-state index in [0.717, 1.165) is 16.7 Å². The average Bonchev–Trinajstić information content (AvgIpc) is 3.50. The molecule has 4 heterocycles. The normalized spacial score (nSPS) is 32.0. The predicted molar refractivity (Wildman–Crippen MR) is 130 cm³/mol. The second kappa shape index (κ2) is 6.21. The molecule has 7 nitrogen and oxygen atoms in total. The molecule has 8 rings (SSSR count). The summed E-state index contributed by atoms with van der Waals surface area (Å²) in [5.74, 6) is 0.141. The van der Waals surface area contributed by atoms with Gasteiger partial charge in [0, 0.05) is 5.41 Å². The summed E-state index contributed by atoms with van der Waals surface area (Å²) in [7, 11) is 0. The van der Waals surface area contributed by atoms with Crippen LogP contribution < -0.4 is 11.4 Å². The van der Waals surface area contributed by atoms with Gasteiger partial charge in [0.2, 0.25) is 0 Å². The second-order valence-corrected chi connectivity index (χ2v) is 11.3. The first-order valence-corrected chi connectivity index (χ1v) is 12.1. The molecule has 0 amide bonds. The van der Waals surface area contributed by atoms with Crippen LogP contribution in [0.3, 0.4) is 0 Å². The molecule has 0 saturated heterocycles. The number of hydrogen-bond acceptors (Lipinski definition) is 4. The van der Waals surface area contributed by atoms with Crippen molar-refractivity contribution in [2.75, 3.05) is 13.2 Å². The van der Waals surface area contributed by atoms with Crippen molar-refractivity contribution in [2.24, 2.45) is 10.8 Å². The van der Waals surface area contributed by atoms with E-state index >= 15 is 0 Å². The van der Waals surface area contributed by atoms with Crippen LogP contribution in [0.25, 0.3) is 5.69 Å². The molecule has 1 spiro atoms. The Kier molecular flexibility index (Phi) is 3.70. The van der Waals surface area contributed by atoms with E-state index in [1.165, 1.54) is 4.57 Å². The third-order valence-corrected chi connectivity index (χ3v) is 9.13. The Labute approximate surface area is 202 Å². The van der Waals surface area contributed by atoms with Crippen molar-refractivity contribution < 1.29 is 9.53 Å². The quantitative estimate of drug-likeness (QED) is 0.541. The van der Waals surface area contributed by atoms with E-state index in [9.17, 15) is 14.4 Å². The molecule has 0 unspecified atom stereocenters. The van der Waals surface area contributed by atoms with Gasteiger partial charge in [-0.15, -0.1) is 0 Å². The topological polar surface area (TPSA) is 75.2 Å². The first-order chi connectivity index (χ1) is 16.7. The highest BCUT2D eigenvalue weighted by Crippen LogP contribution is 2.71. The van der Waals surface area contributed by atoms with Gasteiger partial charge in [-0.1, -0.05) is 62.4 Å². The van der Waals surface area contributed by atoms with Crippen molar-refractivity contribution in [1.29, 1.82) is 0 Å². The first-order valence-electron chi connectivity index (χ1n) is 12.1. The van der Waals surface area contributed by atoms with E-state index in [1.54, 1.807) is 21.5 Å². The number of rotatable bonds is 2. The lowest BCUT2D eigenvalue weighted by Crippen LogP contribution is -2.69. The van der Waals surface area contributed by atoms with Gasteiger partial charge in [-0.3, -0.25) is 4.79 Å². The second-order valence-electron chi connectivity index (χ2n) is 11.3. The maximum atomic E-state index is 14.3. The largest absolute Gasteiger partial charge is 0.373 e. The van der Waals surface area contributed by atoms with Gasteiger partial charge in [0.25, 0.3) is 0 Å². The number of benzene rings is 2. The highest BCUT2D eigenvalue weighted by molar-refractivity contribution is 5.95. The summed E-state index contributed by atoms with van der Waals surface area (Å²) in [6, 6.07) is 18.9. The van der Waals surface area contributed by atoms with Crippen LogP contribution in [-0.4, -0.2) is 32.9 Å². The minimum Gasteiger partial charge on any atom is -0.373 e. The van der Waals surface area contributed by atoms with Crippen LogP contribution in [0.5, 0.6) is 0 Å². The van der Waals surface area contributed by atoms with E-state index in [2.05, 4.69) is 0 Å². The minimum absolute atomic E-state index is 0.141. The van der Waals surface area contributed by atoms with Crippen molar-refractivity contribution in [3.63, 3.8) is 0 Å². The zero-order valence-corrected chi connectivity index (χ0v) is 20.1. The zero-order chi connectivity index (χ0) is 24.4. The maximum Gasteiger partial charge on any atom is 0.353 e. The van der Waals surface area contributed by atoms with Gasteiger partial charge in [-0.2, -0.15) is 0 Å².